The fourth-order valence-electron chi connectivity index (χ4n) is 2.00. The summed E-state index contributed by atoms with van der Waals surface area (Å²) in [5.41, 5.74) is 1.99. The number of carbonyl (C=O) groups excluding carboxylic acids is 1. The summed E-state index contributed by atoms with van der Waals surface area (Å²) < 4.78 is 0. The van der Waals surface area contributed by atoms with Gasteiger partial charge in [-0.05, 0) is 24.1 Å². The Labute approximate surface area is 113 Å². The van der Waals surface area contributed by atoms with Crippen molar-refractivity contribution < 1.29 is 4.79 Å². The zero-order chi connectivity index (χ0) is 13.7. The predicted octanol–water partition coefficient (Wildman–Crippen LogP) is 2.63. The summed E-state index contributed by atoms with van der Waals surface area (Å²) in [6, 6.07) is 7.84. The van der Waals surface area contributed by atoms with Crippen LogP contribution in [-0.2, 0) is 13.0 Å². The molecule has 19 heavy (non-hydrogen) atoms. The lowest BCUT2D eigenvalue weighted by atomic mass is 10.1. The van der Waals surface area contributed by atoms with Crippen molar-refractivity contribution in [1.82, 2.24) is 14.9 Å². The Morgan fingerprint density at radius 2 is 2.05 bits per heavy atom. The minimum Gasteiger partial charge on any atom is -0.347 e. The van der Waals surface area contributed by atoms with E-state index in [4.69, 9.17) is 0 Å². The van der Waals surface area contributed by atoms with Crippen LogP contribution in [0, 0.1) is 0 Å². The molecule has 0 spiro atoms. The summed E-state index contributed by atoms with van der Waals surface area (Å²) in [4.78, 5) is 21.0. The third-order valence-electron chi connectivity index (χ3n) is 3.03. The van der Waals surface area contributed by atoms with Gasteiger partial charge in [0.1, 0.15) is 5.82 Å². The topological polar surface area (TPSA) is 49.0 Å². The van der Waals surface area contributed by atoms with Gasteiger partial charge < -0.3 is 9.88 Å². The Hall–Kier alpha value is -2.10. The van der Waals surface area contributed by atoms with Gasteiger partial charge >= 0.3 is 0 Å². The monoisotopic (exact) mass is 257 g/mol. The molecule has 1 aromatic carbocycles. The van der Waals surface area contributed by atoms with Crippen LogP contribution in [0.15, 0.2) is 36.7 Å². The van der Waals surface area contributed by atoms with Gasteiger partial charge in [0.15, 0.2) is 0 Å². The van der Waals surface area contributed by atoms with Gasteiger partial charge in [0.25, 0.3) is 5.91 Å². The first-order valence-corrected chi connectivity index (χ1v) is 6.53. The fraction of sp³-hybridized carbons (Fsp3) is 0.333. The van der Waals surface area contributed by atoms with Crippen LogP contribution in [0.4, 0.5) is 0 Å². The third-order valence-corrected chi connectivity index (χ3v) is 3.03. The second-order valence-corrected chi connectivity index (χ2v) is 4.64. The van der Waals surface area contributed by atoms with Gasteiger partial charge in [-0.15, -0.1) is 0 Å². The molecule has 1 aromatic heterocycles. The van der Waals surface area contributed by atoms with Crippen LogP contribution >= 0.6 is 0 Å². The van der Waals surface area contributed by atoms with E-state index in [2.05, 4.69) is 16.9 Å². The summed E-state index contributed by atoms with van der Waals surface area (Å²) in [5.74, 6) is 0.804. The molecule has 1 N–H and O–H groups in total. The minimum atomic E-state index is 0.0134. The molecule has 0 saturated carbocycles. The Morgan fingerprint density at radius 3 is 2.63 bits per heavy atom. The average molecular weight is 257 g/mol. The lowest BCUT2D eigenvalue weighted by Crippen LogP contribution is -2.26. The van der Waals surface area contributed by atoms with Gasteiger partial charge in [0.05, 0.1) is 6.54 Å². The number of H-pyrrole nitrogens is 1. The summed E-state index contributed by atoms with van der Waals surface area (Å²) in [6.07, 6.45) is 5.61. The molecule has 0 atom stereocenters. The average Bonchev–Trinajstić information content (AvgIpc) is 2.92. The van der Waals surface area contributed by atoms with E-state index in [1.165, 1.54) is 5.56 Å². The SMILES string of the molecule is CCCc1ccc(C(=O)N(C)Cc2ncc[nH]2)cc1. The highest BCUT2D eigenvalue weighted by Gasteiger charge is 2.12. The molecule has 0 aliphatic carbocycles. The number of imidazole rings is 1. The van der Waals surface area contributed by atoms with Gasteiger partial charge in [-0.3, -0.25) is 4.79 Å². The summed E-state index contributed by atoms with van der Waals surface area (Å²) in [5, 5.41) is 0. The third kappa shape index (κ3) is 3.44. The molecule has 1 amide bonds. The normalized spacial score (nSPS) is 10.4. The maximum absolute atomic E-state index is 12.2. The van der Waals surface area contributed by atoms with Crippen LogP contribution in [0.3, 0.4) is 0 Å². The molecule has 0 radical (unpaired) electrons. The van der Waals surface area contributed by atoms with Crippen molar-refractivity contribution >= 4 is 5.91 Å². The zero-order valence-corrected chi connectivity index (χ0v) is 11.4. The number of carbonyl (C=O) groups is 1. The molecule has 4 nitrogen and oxygen atoms in total. The van der Waals surface area contributed by atoms with E-state index in [9.17, 15) is 4.79 Å². The van der Waals surface area contributed by atoms with Gasteiger partial charge in [0.2, 0.25) is 0 Å². The van der Waals surface area contributed by atoms with Crippen molar-refractivity contribution in [2.75, 3.05) is 7.05 Å². The van der Waals surface area contributed by atoms with E-state index in [1.807, 2.05) is 24.3 Å². The van der Waals surface area contributed by atoms with Crippen molar-refractivity contribution in [3.8, 4) is 0 Å². The predicted molar refractivity (Wildman–Crippen MR) is 74.8 cm³/mol. The Bertz CT molecular complexity index is 517. The lowest BCUT2D eigenvalue weighted by molar-refractivity contribution is 0.0782. The van der Waals surface area contributed by atoms with Crippen LogP contribution in [0.2, 0.25) is 0 Å². The van der Waals surface area contributed by atoms with Crippen LogP contribution in [0.25, 0.3) is 0 Å². The number of hydrogen-bond acceptors (Lipinski definition) is 2. The minimum absolute atomic E-state index is 0.0134. The molecule has 2 rings (SSSR count). The van der Waals surface area contributed by atoms with E-state index < -0.39 is 0 Å². The smallest absolute Gasteiger partial charge is 0.253 e. The first kappa shape index (κ1) is 13.3. The van der Waals surface area contributed by atoms with Crippen LogP contribution in [0.1, 0.15) is 35.1 Å². The molecule has 0 bridgehead atoms. The van der Waals surface area contributed by atoms with E-state index >= 15 is 0 Å². The maximum Gasteiger partial charge on any atom is 0.253 e. The van der Waals surface area contributed by atoms with E-state index in [0.717, 1.165) is 18.7 Å². The number of aryl methyl sites for hydroxylation is 1. The van der Waals surface area contributed by atoms with Crippen molar-refractivity contribution in [2.24, 2.45) is 0 Å². The number of aromatic amines is 1. The molecule has 0 fully saturated rings. The number of nitrogens with one attached hydrogen (secondary N) is 1. The summed E-state index contributed by atoms with van der Waals surface area (Å²) >= 11 is 0. The zero-order valence-electron chi connectivity index (χ0n) is 11.4. The van der Waals surface area contributed by atoms with Gasteiger partial charge in [-0.1, -0.05) is 25.5 Å². The summed E-state index contributed by atoms with van der Waals surface area (Å²) in [7, 11) is 1.78. The van der Waals surface area contributed by atoms with E-state index in [0.29, 0.717) is 12.1 Å². The fourth-order valence-corrected chi connectivity index (χ4v) is 2.00. The Balaban J connectivity index is 2.02. The number of rotatable bonds is 5. The summed E-state index contributed by atoms with van der Waals surface area (Å²) in [6.45, 7) is 2.64. The molecule has 4 heteroatoms. The highest BCUT2D eigenvalue weighted by molar-refractivity contribution is 5.94. The quantitative estimate of drug-likeness (QED) is 0.895. The van der Waals surface area contributed by atoms with Crippen molar-refractivity contribution in [3.05, 3.63) is 53.6 Å². The van der Waals surface area contributed by atoms with Crippen molar-refractivity contribution in [3.63, 3.8) is 0 Å². The van der Waals surface area contributed by atoms with Crippen LogP contribution in [-0.4, -0.2) is 27.8 Å². The van der Waals surface area contributed by atoms with Gasteiger partial charge in [-0.2, -0.15) is 0 Å². The second kappa shape index (κ2) is 6.18. The number of hydrogen-bond donors (Lipinski definition) is 1. The molecule has 2 aromatic rings. The van der Waals surface area contributed by atoms with Crippen molar-refractivity contribution in [1.29, 1.82) is 0 Å². The first-order valence-electron chi connectivity index (χ1n) is 6.53. The first-order chi connectivity index (χ1) is 9.20. The largest absolute Gasteiger partial charge is 0.347 e. The number of benzene rings is 1. The standard InChI is InChI=1S/C15H19N3O/c1-3-4-12-5-7-13(8-6-12)15(19)18(2)11-14-16-9-10-17-14/h5-10H,3-4,11H2,1-2H3,(H,16,17). The van der Waals surface area contributed by atoms with Crippen LogP contribution in [0.5, 0.6) is 0 Å². The highest BCUT2D eigenvalue weighted by Crippen LogP contribution is 2.09. The number of aromatic nitrogens is 2. The second-order valence-electron chi connectivity index (χ2n) is 4.64. The molecule has 0 aliphatic rings. The van der Waals surface area contributed by atoms with E-state index in [1.54, 1.807) is 24.3 Å². The van der Waals surface area contributed by atoms with Crippen molar-refractivity contribution in [2.45, 2.75) is 26.3 Å². The molecule has 1 heterocycles. The lowest BCUT2D eigenvalue weighted by Gasteiger charge is -2.16. The number of nitrogens with zero attached hydrogens (tertiary/aromatic N) is 2. The van der Waals surface area contributed by atoms with Gasteiger partial charge in [-0.25, -0.2) is 4.98 Å². The molecule has 0 unspecified atom stereocenters. The Morgan fingerprint density at radius 1 is 1.32 bits per heavy atom. The maximum atomic E-state index is 12.2. The molecule has 0 aliphatic heterocycles. The highest BCUT2D eigenvalue weighted by atomic mass is 16.2. The van der Waals surface area contributed by atoms with Crippen LogP contribution < -0.4 is 0 Å². The number of amides is 1. The molecular weight excluding hydrogens is 238 g/mol. The molecule has 100 valence electrons. The molecular formula is C15H19N3O. The van der Waals surface area contributed by atoms with Gasteiger partial charge in [0, 0.05) is 25.0 Å². The Kier molecular flexibility index (Phi) is 4.34. The van der Waals surface area contributed by atoms with E-state index in [-0.39, 0.29) is 5.91 Å². The molecule has 0 saturated heterocycles.